The molecule has 0 heterocycles. The highest BCUT2D eigenvalue weighted by molar-refractivity contribution is 6.27. The molecule has 7 heteroatoms. The Balaban J connectivity index is 0.000000896. The standard InChI is InChI=1S/C17H29NO2.C2H2O4/c1-4-18(5-2)13-7-6-8-14-20-17-11-9-16(10-12-17)15(3)19;3-1(4)2(5)6/h9-12,15,19H,4-8,13-14H2,1-3H3;(H,3,4)(H,5,6). The summed E-state index contributed by atoms with van der Waals surface area (Å²) in [4.78, 5) is 20.7. The Hall–Kier alpha value is -2.12. The minimum Gasteiger partial charge on any atom is -0.494 e. The predicted molar refractivity (Wildman–Crippen MR) is 99.5 cm³/mol. The molecule has 26 heavy (non-hydrogen) atoms. The molecule has 3 N–H and O–H groups in total. The van der Waals surface area contributed by atoms with Gasteiger partial charge in [-0.3, -0.25) is 0 Å². The molecule has 0 radical (unpaired) electrons. The summed E-state index contributed by atoms with van der Waals surface area (Å²) in [5, 5.41) is 24.2. The number of benzene rings is 1. The molecule has 0 saturated carbocycles. The molecule has 0 amide bonds. The zero-order valence-electron chi connectivity index (χ0n) is 15.9. The molecule has 1 aromatic carbocycles. The molecule has 0 aliphatic rings. The molecule has 0 aliphatic heterocycles. The maximum absolute atomic E-state index is 9.43. The zero-order valence-corrected chi connectivity index (χ0v) is 15.9. The lowest BCUT2D eigenvalue weighted by Gasteiger charge is -2.17. The molecule has 0 aromatic heterocycles. The second kappa shape index (κ2) is 14.1. The van der Waals surface area contributed by atoms with Crippen molar-refractivity contribution in [2.75, 3.05) is 26.2 Å². The minimum atomic E-state index is -1.82. The Labute approximate surface area is 155 Å². The highest BCUT2D eigenvalue weighted by atomic mass is 16.5. The van der Waals surface area contributed by atoms with Gasteiger partial charge in [-0.1, -0.05) is 26.0 Å². The Morgan fingerprint density at radius 2 is 1.54 bits per heavy atom. The number of hydrogen-bond donors (Lipinski definition) is 3. The van der Waals surface area contributed by atoms with E-state index < -0.39 is 18.0 Å². The van der Waals surface area contributed by atoms with E-state index in [1.165, 1.54) is 19.4 Å². The van der Waals surface area contributed by atoms with Crippen LogP contribution >= 0.6 is 0 Å². The Bertz CT molecular complexity index is 499. The molecule has 0 spiro atoms. The first-order valence-corrected chi connectivity index (χ1v) is 8.91. The summed E-state index contributed by atoms with van der Waals surface area (Å²) in [6.07, 6.45) is 3.14. The van der Waals surface area contributed by atoms with Crippen LogP contribution in [-0.4, -0.2) is 58.4 Å². The van der Waals surface area contributed by atoms with E-state index in [9.17, 15) is 5.11 Å². The molecule has 1 unspecified atom stereocenters. The van der Waals surface area contributed by atoms with Gasteiger partial charge in [-0.25, -0.2) is 9.59 Å². The summed E-state index contributed by atoms with van der Waals surface area (Å²) in [5.41, 5.74) is 0.927. The molecule has 0 bridgehead atoms. The van der Waals surface area contributed by atoms with Crippen molar-refractivity contribution in [2.45, 2.75) is 46.1 Å². The molecule has 7 nitrogen and oxygen atoms in total. The van der Waals surface area contributed by atoms with E-state index in [2.05, 4.69) is 18.7 Å². The fourth-order valence-electron chi connectivity index (χ4n) is 2.19. The van der Waals surface area contributed by atoms with E-state index in [1.54, 1.807) is 6.92 Å². The van der Waals surface area contributed by atoms with Crippen LogP contribution in [0.3, 0.4) is 0 Å². The quantitative estimate of drug-likeness (QED) is 0.430. The molecule has 0 aliphatic carbocycles. The molecule has 0 fully saturated rings. The summed E-state index contributed by atoms with van der Waals surface area (Å²) < 4.78 is 5.71. The maximum atomic E-state index is 9.43. The first kappa shape index (κ1) is 23.9. The van der Waals surface area contributed by atoms with Crippen molar-refractivity contribution in [1.82, 2.24) is 4.90 Å². The van der Waals surface area contributed by atoms with Crippen LogP contribution in [0.2, 0.25) is 0 Å². The summed E-state index contributed by atoms with van der Waals surface area (Å²) in [7, 11) is 0. The first-order valence-electron chi connectivity index (χ1n) is 8.91. The molecule has 1 aromatic rings. The number of rotatable bonds is 10. The van der Waals surface area contributed by atoms with Gasteiger partial charge in [0.15, 0.2) is 0 Å². The first-order chi connectivity index (χ1) is 12.3. The van der Waals surface area contributed by atoms with Crippen LogP contribution in [0.15, 0.2) is 24.3 Å². The van der Waals surface area contributed by atoms with Gasteiger partial charge in [0.1, 0.15) is 5.75 Å². The van der Waals surface area contributed by atoms with E-state index in [4.69, 9.17) is 24.5 Å². The average molecular weight is 369 g/mol. The molecular formula is C19H31NO6. The van der Waals surface area contributed by atoms with Crippen molar-refractivity contribution in [3.63, 3.8) is 0 Å². The van der Waals surface area contributed by atoms with Gasteiger partial charge in [0.2, 0.25) is 0 Å². The van der Waals surface area contributed by atoms with Crippen LogP contribution in [0.25, 0.3) is 0 Å². The van der Waals surface area contributed by atoms with Gasteiger partial charge in [0.05, 0.1) is 12.7 Å². The molecule has 1 atom stereocenters. The van der Waals surface area contributed by atoms with Crippen molar-refractivity contribution < 1.29 is 29.6 Å². The zero-order chi connectivity index (χ0) is 19.9. The van der Waals surface area contributed by atoms with E-state index in [-0.39, 0.29) is 0 Å². The summed E-state index contributed by atoms with van der Waals surface area (Å²) in [5.74, 6) is -2.76. The van der Waals surface area contributed by atoms with Crippen molar-refractivity contribution >= 4 is 11.9 Å². The summed E-state index contributed by atoms with van der Waals surface area (Å²) in [6, 6.07) is 7.69. The van der Waals surface area contributed by atoms with Gasteiger partial charge in [0, 0.05) is 0 Å². The van der Waals surface area contributed by atoms with E-state index >= 15 is 0 Å². The fourth-order valence-corrected chi connectivity index (χ4v) is 2.19. The SMILES string of the molecule is CCN(CC)CCCCCOc1ccc(C(C)O)cc1.O=C(O)C(=O)O. The Morgan fingerprint density at radius 1 is 1.00 bits per heavy atom. The highest BCUT2D eigenvalue weighted by Gasteiger charge is 2.04. The van der Waals surface area contributed by atoms with Gasteiger partial charge in [-0.15, -0.1) is 0 Å². The topological polar surface area (TPSA) is 107 Å². The number of aliphatic hydroxyl groups is 1. The fraction of sp³-hybridized carbons (Fsp3) is 0.579. The molecular weight excluding hydrogens is 338 g/mol. The van der Waals surface area contributed by atoms with Crippen molar-refractivity contribution in [2.24, 2.45) is 0 Å². The lowest BCUT2D eigenvalue weighted by Crippen LogP contribution is -2.23. The average Bonchev–Trinajstić information content (AvgIpc) is 2.62. The number of unbranched alkanes of at least 4 members (excludes halogenated alkanes) is 2. The largest absolute Gasteiger partial charge is 0.494 e. The van der Waals surface area contributed by atoms with E-state index in [0.717, 1.165) is 37.4 Å². The van der Waals surface area contributed by atoms with Gasteiger partial charge < -0.3 is 25.0 Å². The van der Waals surface area contributed by atoms with Crippen molar-refractivity contribution in [3.05, 3.63) is 29.8 Å². The molecule has 0 saturated heterocycles. The van der Waals surface area contributed by atoms with Crippen LogP contribution in [0, 0.1) is 0 Å². The number of carboxylic acids is 2. The Morgan fingerprint density at radius 3 is 1.96 bits per heavy atom. The van der Waals surface area contributed by atoms with Gasteiger partial charge in [-0.2, -0.15) is 0 Å². The van der Waals surface area contributed by atoms with Crippen molar-refractivity contribution in [1.29, 1.82) is 0 Å². The van der Waals surface area contributed by atoms with Crippen LogP contribution in [0.5, 0.6) is 5.75 Å². The summed E-state index contributed by atoms with van der Waals surface area (Å²) in [6.45, 7) is 10.4. The maximum Gasteiger partial charge on any atom is 0.414 e. The molecule has 148 valence electrons. The third kappa shape index (κ3) is 11.4. The normalized spacial score (nSPS) is 11.4. The van der Waals surface area contributed by atoms with Crippen LogP contribution in [0.4, 0.5) is 0 Å². The number of carboxylic acid groups (broad SMARTS) is 2. The second-order valence-corrected chi connectivity index (χ2v) is 5.79. The minimum absolute atomic E-state index is 0.413. The monoisotopic (exact) mass is 369 g/mol. The number of ether oxygens (including phenoxy) is 1. The van der Waals surface area contributed by atoms with Crippen LogP contribution < -0.4 is 4.74 Å². The van der Waals surface area contributed by atoms with Gasteiger partial charge in [-0.05, 0) is 63.5 Å². The number of carbonyl (C=O) groups is 2. The smallest absolute Gasteiger partial charge is 0.414 e. The highest BCUT2D eigenvalue weighted by Crippen LogP contribution is 2.17. The van der Waals surface area contributed by atoms with Gasteiger partial charge >= 0.3 is 11.9 Å². The van der Waals surface area contributed by atoms with Gasteiger partial charge in [0.25, 0.3) is 0 Å². The molecule has 1 rings (SSSR count). The lowest BCUT2D eigenvalue weighted by atomic mass is 10.1. The van der Waals surface area contributed by atoms with Crippen LogP contribution in [0.1, 0.15) is 51.7 Å². The number of hydrogen-bond acceptors (Lipinski definition) is 5. The van der Waals surface area contributed by atoms with Crippen molar-refractivity contribution in [3.8, 4) is 5.75 Å². The number of nitrogens with zero attached hydrogens (tertiary/aromatic N) is 1. The van der Waals surface area contributed by atoms with Crippen LogP contribution in [-0.2, 0) is 9.59 Å². The van der Waals surface area contributed by atoms with E-state index in [0.29, 0.717) is 0 Å². The van der Waals surface area contributed by atoms with E-state index in [1.807, 2.05) is 24.3 Å². The second-order valence-electron chi connectivity index (χ2n) is 5.79. The predicted octanol–water partition coefficient (Wildman–Crippen LogP) is 2.79. The third-order valence-electron chi connectivity index (χ3n) is 3.83. The Kier molecular flexibility index (Phi) is 12.9. The lowest BCUT2D eigenvalue weighted by molar-refractivity contribution is -0.159. The number of aliphatic carboxylic acids is 2. The third-order valence-corrected chi connectivity index (χ3v) is 3.83. The summed E-state index contributed by atoms with van der Waals surface area (Å²) >= 11 is 0. The number of aliphatic hydroxyl groups excluding tert-OH is 1.